The zero-order valence-corrected chi connectivity index (χ0v) is 16.1. The summed E-state index contributed by atoms with van der Waals surface area (Å²) in [6, 6.07) is 0. The second-order valence-corrected chi connectivity index (χ2v) is 7.70. The summed E-state index contributed by atoms with van der Waals surface area (Å²) in [6.07, 6.45) is 16.4. The standard InChI is InChI=1S/C4H8O2.C4H8O.C3H4.C2H6O2S2.C2H2.CH4/c1-3-4(5)6-2;1-3-4(2)5;1-3-2;1-5-6(2,3)4;1-2;/h3H2,1-2H3;3H2,1-2H3;1H,2H3;1-2H3;1-2H;1H4. The summed E-state index contributed by atoms with van der Waals surface area (Å²) in [5, 5.41) is 0. The molecule has 0 bridgehead atoms. The first kappa shape index (κ1) is 37.6. The lowest BCUT2D eigenvalue weighted by atomic mass is 10.4. The smallest absolute Gasteiger partial charge is 0.305 e. The number of ketones is 1. The molecule has 0 atom stereocenters. The van der Waals surface area contributed by atoms with Crippen molar-refractivity contribution in [2.75, 3.05) is 19.6 Å². The van der Waals surface area contributed by atoms with Gasteiger partial charge in [-0.25, -0.2) is 8.42 Å². The minimum Gasteiger partial charge on any atom is -0.469 e. The number of esters is 1. The highest BCUT2D eigenvalue weighted by Gasteiger charge is 1.91. The summed E-state index contributed by atoms with van der Waals surface area (Å²) in [7, 11) is -0.510. The molecule has 138 valence electrons. The quantitative estimate of drug-likeness (QED) is 0.432. The number of terminal acetylenes is 2. The highest BCUT2D eigenvalue weighted by molar-refractivity contribution is 8.71. The molecule has 0 aromatic carbocycles. The monoisotopic (exact) mass is 368 g/mol. The van der Waals surface area contributed by atoms with Crippen molar-refractivity contribution < 1.29 is 22.7 Å². The van der Waals surface area contributed by atoms with Crippen molar-refractivity contribution in [2.45, 2.75) is 48.0 Å². The summed E-state index contributed by atoms with van der Waals surface area (Å²) >= 11 is 0. The first-order chi connectivity index (χ1) is 10.1. The van der Waals surface area contributed by atoms with E-state index in [4.69, 9.17) is 0 Å². The number of Topliss-reactive ketones (excluding diaryl/α,β-unsaturated/α-hetero) is 1. The molecule has 0 saturated heterocycles. The number of hydrogen-bond acceptors (Lipinski definition) is 6. The Morgan fingerprint density at radius 2 is 1.39 bits per heavy atom. The Kier molecular flexibility index (Phi) is 53.2. The Morgan fingerprint density at radius 1 is 1.17 bits per heavy atom. The highest BCUT2D eigenvalue weighted by Crippen LogP contribution is 2.00. The molecule has 0 N–H and O–H groups in total. The van der Waals surface area contributed by atoms with Gasteiger partial charge in [-0.2, -0.15) is 0 Å². The summed E-state index contributed by atoms with van der Waals surface area (Å²) in [4.78, 5) is 19.8. The van der Waals surface area contributed by atoms with E-state index in [9.17, 15) is 18.0 Å². The normalized spacial score (nSPS) is 7.13. The van der Waals surface area contributed by atoms with Crippen LogP contribution in [-0.2, 0) is 23.2 Å². The van der Waals surface area contributed by atoms with Crippen molar-refractivity contribution in [1.29, 1.82) is 0 Å². The number of methoxy groups -OCH3 is 1. The van der Waals surface area contributed by atoms with Crippen LogP contribution in [0.15, 0.2) is 0 Å². The van der Waals surface area contributed by atoms with Crippen LogP contribution in [0.3, 0.4) is 0 Å². The van der Waals surface area contributed by atoms with Crippen molar-refractivity contribution in [3.8, 4) is 25.2 Å². The van der Waals surface area contributed by atoms with Crippen LogP contribution in [-0.4, -0.2) is 39.8 Å². The SMILES string of the molecule is C.C#C.C#CC.CCC(=O)OC.CCC(C)=O.CSS(C)(=O)=O. The zero-order chi connectivity index (χ0) is 19.2. The highest BCUT2D eigenvalue weighted by atomic mass is 33.1. The maximum atomic E-state index is 9.96. The van der Waals surface area contributed by atoms with Crippen molar-refractivity contribution in [3.63, 3.8) is 0 Å². The van der Waals surface area contributed by atoms with E-state index in [0.717, 1.165) is 10.8 Å². The van der Waals surface area contributed by atoms with E-state index in [0.29, 0.717) is 12.8 Å². The Morgan fingerprint density at radius 3 is 1.39 bits per heavy atom. The van der Waals surface area contributed by atoms with E-state index < -0.39 is 8.87 Å². The zero-order valence-electron chi connectivity index (χ0n) is 14.5. The van der Waals surface area contributed by atoms with Gasteiger partial charge in [0.05, 0.1) is 7.11 Å². The number of carbonyl (C=O) groups excluding carboxylic acids is 2. The fourth-order valence-electron chi connectivity index (χ4n) is 0.144. The molecule has 0 fully saturated rings. The molecule has 0 aliphatic carbocycles. The Labute approximate surface area is 147 Å². The second-order valence-electron chi connectivity index (χ2n) is 3.14. The molecular formula is C16H32O5S2. The van der Waals surface area contributed by atoms with Crippen LogP contribution in [0.1, 0.15) is 48.0 Å². The molecule has 0 unspecified atom stereocenters. The molecule has 0 amide bonds. The van der Waals surface area contributed by atoms with Crippen molar-refractivity contribution in [3.05, 3.63) is 0 Å². The lowest BCUT2D eigenvalue weighted by molar-refractivity contribution is -0.140. The molecule has 0 aliphatic heterocycles. The van der Waals surface area contributed by atoms with Gasteiger partial charge in [0.15, 0.2) is 8.87 Å². The van der Waals surface area contributed by atoms with Gasteiger partial charge in [0.1, 0.15) is 5.78 Å². The molecule has 23 heavy (non-hydrogen) atoms. The van der Waals surface area contributed by atoms with Crippen LogP contribution in [0, 0.1) is 25.2 Å². The summed E-state index contributed by atoms with van der Waals surface area (Å²) in [5.41, 5.74) is 0. The van der Waals surface area contributed by atoms with Gasteiger partial charge in [-0.15, -0.1) is 25.2 Å². The van der Waals surface area contributed by atoms with E-state index in [-0.39, 0.29) is 19.2 Å². The number of ether oxygens (including phenoxy) is 1. The van der Waals surface area contributed by atoms with Gasteiger partial charge < -0.3 is 9.53 Å². The molecule has 5 nitrogen and oxygen atoms in total. The van der Waals surface area contributed by atoms with Crippen LogP contribution in [0.2, 0.25) is 0 Å². The van der Waals surface area contributed by atoms with Crippen LogP contribution in [0.4, 0.5) is 0 Å². The molecule has 0 aliphatic rings. The van der Waals surface area contributed by atoms with Gasteiger partial charge in [-0.3, -0.25) is 4.79 Å². The average Bonchev–Trinajstić information content (AvgIpc) is 2.49. The number of carbonyl (C=O) groups is 2. The summed E-state index contributed by atoms with van der Waals surface area (Å²) in [6.45, 7) is 6.84. The van der Waals surface area contributed by atoms with E-state index in [1.54, 1.807) is 20.8 Å². The van der Waals surface area contributed by atoms with Gasteiger partial charge in [-0.1, -0.05) is 21.3 Å². The summed E-state index contributed by atoms with van der Waals surface area (Å²) < 4.78 is 24.2. The first-order valence-electron chi connectivity index (χ1n) is 6.08. The second kappa shape index (κ2) is 32.5. The predicted molar refractivity (Wildman–Crippen MR) is 103 cm³/mol. The third kappa shape index (κ3) is 124. The lowest BCUT2D eigenvalue weighted by Gasteiger charge is -1.87. The molecule has 7 heteroatoms. The van der Waals surface area contributed by atoms with Crippen LogP contribution in [0.25, 0.3) is 0 Å². The number of rotatable bonds is 3. The Balaban J connectivity index is -0.0000000407. The van der Waals surface area contributed by atoms with Gasteiger partial charge >= 0.3 is 5.97 Å². The molecule has 0 radical (unpaired) electrons. The van der Waals surface area contributed by atoms with Crippen molar-refractivity contribution in [1.82, 2.24) is 0 Å². The fourth-order valence-corrected chi connectivity index (χ4v) is 0.144. The molecule has 0 aromatic heterocycles. The molecule has 0 aromatic rings. The molecule has 0 heterocycles. The van der Waals surface area contributed by atoms with E-state index in [1.807, 2.05) is 6.92 Å². The minimum atomic E-state index is -2.75. The van der Waals surface area contributed by atoms with Crippen LogP contribution in [0.5, 0.6) is 0 Å². The van der Waals surface area contributed by atoms with Crippen molar-refractivity contribution >= 4 is 31.4 Å². The molecule has 0 spiro atoms. The van der Waals surface area contributed by atoms with Gasteiger partial charge in [0.2, 0.25) is 0 Å². The average molecular weight is 369 g/mol. The van der Waals surface area contributed by atoms with Crippen molar-refractivity contribution in [2.24, 2.45) is 0 Å². The summed E-state index contributed by atoms with van der Waals surface area (Å²) in [5.74, 6) is 2.35. The number of hydrogen-bond donors (Lipinski definition) is 0. The third-order valence-electron chi connectivity index (χ3n) is 1.32. The maximum absolute atomic E-state index is 9.96. The molecule has 0 rings (SSSR count). The lowest BCUT2D eigenvalue weighted by Crippen LogP contribution is -1.94. The topological polar surface area (TPSA) is 77.5 Å². The molecular weight excluding hydrogens is 336 g/mol. The van der Waals surface area contributed by atoms with Gasteiger partial charge in [-0.05, 0) is 30.9 Å². The molecule has 0 saturated carbocycles. The Hall–Kier alpha value is -1.44. The predicted octanol–water partition coefficient (Wildman–Crippen LogP) is 3.39. The Bertz CT molecular complexity index is 398. The van der Waals surface area contributed by atoms with E-state index >= 15 is 0 Å². The van der Waals surface area contributed by atoms with Gasteiger partial charge in [0.25, 0.3) is 0 Å². The van der Waals surface area contributed by atoms with Gasteiger partial charge in [0, 0.05) is 19.1 Å². The maximum Gasteiger partial charge on any atom is 0.305 e. The third-order valence-corrected chi connectivity index (χ3v) is 3.74. The first-order valence-corrected chi connectivity index (χ1v) is 9.71. The fraction of sp³-hybridized carbons (Fsp3) is 0.625. The largest absolute Gasteiger partial charge is 0.469 e. The van der Waals surface area contributed by atoms with Crippen LogP contribution < -0.4 is 0 Å². The van der Waals surface area contributed by atoms with E-state index in [1.165, 1.54) is 19.6 Å². The minimum absolute atomic E-state index is 0. The van der Waals surface area contributed by atoms with E-state index in [2.05, 4.69) is 29.9 Å². The van der Waals surface area contributed by atoms with Crippen LogP contribution >= 0.6 is 10.8 Å².